The summed E-state index contributed by atoms with van der Waals surface area (Å²) in [6, 6.07) is 0. The van der Waals surface area contributed by atoms with Gasteiger partial charge in [0.1, 0.15) is 0 Å². The van der Waals surface area contributed by atoms with Gasteiger partial charge in [-0.25, -0.2) is 0 Å². The molecule has 0 aromatic carbocycles. The van der Waals surface area contributed by atoms with Crippen molar-refractivity contribution in [1.82, 2.24) is 20.0 Å². The third kappa shape index (κ3) is 7.78. The minimum absolute atomic E-state index is 0. The number of aliphatic imine (C=N–C) groups is 1. The Kier molecular flexibility index (Phi) is 11.8. The summed E-state index contributed by atoms with van der Waals surface area (Å²) >= 11 is 1.90. The van der Waals surface area contributed by atoms with Gasteiger partial charge in [-0.15, -0.1) is 24.0 Å². The van der Waals surface area contributed by atoms with E-state index in [1.807, 2.05) is 30.5 Å². The predicted molar refractivity (Wildman–Crippen MR) is 113 cm³/mol. The first-order valence-electron chi connectivity index (χ1n) is 7.92. The van der Waals surface area contributed by atoms with Crippen LogP contribution in [0.3, 0.4) is 0 Å². The van der Waals surface area contributed by atoms with E-state index in [1.54, 1.807) is 0 Å². The number of nitrogens with zero attached hydrogens (tertiary/aromatic N) is 4. The second-order valence-electron chi connectivity index (χ2n) is 5.90. The normalized spacial score (nSPS) is 11.5. The third-order valence-corrected chi connectivity index (χ3v) is 4.22. The SMILES string of the molecule is CN=C(NCCCCSC)N(C)Cc1cn(C)nc1C(C)C.I. The highest BCUT2D eigenvalue weighted by atomic mass is 127. The summed E-state index contributed by atoms with van der Waals surface area (Å²) in [6.45, 7) is 6.17. The number of aryl methyl sites for hydroxylation is 1. The number of halogens is 1. The standard InChI is InChI=1S/C16H31N5S.HI/c1-13(2)15-14(12-21(5)19-15)11-20(4)16(17-3)18-9-7-8-10-22-6;/h12-13H,7-11H2,1-6H3,(H,17,18);1H. The van der Waals surface area contributed by atoms with Crippen molar-refractivity contribution in [3.8, 4) is 0 Å². The molecule has 1 N–H and O–H groups in total. The molecule has 0 fully saturated rings. The van der Waals surface area contributed by atoms with E-state index in [0.29, 0.717) is 5.92 Å². The maximum atomic E-state index is 4.57. The highest BCUT2D eigenvalue weighted by molar-refractivity contribution is 14.0. The molecular weight excluding hydrogens is 421 g/mol. The molecule has 5 nitrogen and oxygen atoms in total. The van der Waals surface area contributed by atoms with E-state index in [9.17, 15) is 0 Å². The van der Waals surface area contributed by atoms with Gasteiger partial charge < -0.3 is 10.2 Å². The molecular formula is C16H32IN5S. The molecule has 0 radical (unpaired) electrons. The number of hydrogen-bond acceptors (Lipinski definition) is 3. The number of rotatable bonds is 8. The molecule has 0 amide bonds. The van der Waals surface area contributed by atoms with E-state index < -0.39 is 0 Å². The zero-order valence-electron chi connectivity index (χ0n) is 15.3. The first-order valence-corrected chi connectivity index (χ1v) is 9.32. The molecule has 0 bridgehead atoms. The first-order chi connectivity index (χ1) is 10.5. The fraction of sp³-hybridized carbons (Fsp3) is 0.750. The fourth-order valence-electron chi connectivity index (χ4n) is 2.45. The topological polar surface area (TPSA) is 45.5 Å². The molecule has 0 unspecified atom stereocenters. The van der Waals surface area contributed by atoms with Gasteiger partial charge in [-0.05, 0) is 30.8 Å². The first kappa shape index (κ1) is 22.6. The third-order valence-electron chi connectivity index (χ3n) is 3.52. The van der Waals surface area contributed by atoms with Gasteiger partial charge in [0.25, 0.3) is 0 Å². The van der Waals surface area contributed by atoms with Gasteiger partial charge in [-0.3, -0.25) is 9.67 Å². The summed E-state index contributed by atoms with van der Waals surface area (Å²) in [5, 5.41) is 8.01. The Morgan fingerprint density at radius 2 is 2.13 bits per heavy atom. The molecule has 1 heterocycles. The monoisotopic (exact) mass is 453 g/mol. The molecule has 1 aromatic rings. The molecule has 0 saturated carbocycles. The Morgan fingerprint density at radius 1 is 1.43 bits per heavy atom. The number of thioether (sulfide) groups is 1. The van der Waals surface area contributed by atoms with Crippen molar-refractivity contribution in [2.24, 2.45) is 12.0 Å². The second kappa shape index (κ2) is 12.0. The molecule has 0 aliphatic heterocycles. The van der Waals surface area contributed by atoms with Crippen LogP contribution in [0.1, 0.15) is 43.9 Å². The smallest absolute Gasteiger partial charge is 0.193 e. The Bertz CT molecular complexity index is 473. The van der Waals surface area contributed by atoms with Crippen molar-refractivity contribution in [3.05, 3.63) is 17.5 Å². The number of guanidine groups is 1. The average molecular weight is 453 g/mol. The lowest BCUT2D eigenvalue weighted by molar-refractivity contribution is 0.472. The van der Waals surface area contributed by atoms with Crippen molar-refractivity contribution in [3.63, 3.8) is 0 Å². The van der Waals surface area contributed by atoms with Crippen molar-refractivity contribution in [2.75, 3.05) is 32.6 Å². The van der Waals surface area contributed by atoms with Crippen molar-refractivity contribution >= 4 is 41.7 Å². The van der Waals surface area contributed by atoms with E-state index >= 15 is 0 Å². The van der Waals surface area contributed by atoms with E-state index in [2.05, 4.69) is 53.7 Å². The van der Waals surface area contributed by atoms with Crippen LogP contribution in [-0.4, -0.2) is 53.3 Å². The second-order valence-corrected chi connectivity index (χ2v) is 6.88. The van der Waals surface area contributed by atoms with Crippen LogP contribution >= 0.6 is 35.7 Å². The van der Waals surface area contributed by atoms with Crippen LogP contribution < -0.4 is 5.32 Å². The molecule has 23 heavy (non-hydrogen) atoms. The Hall–Kier alpha value is -0.440. The minimum Gasteiger partial charge on any atom is -0.356 e. The lowest BCUT2D eigenvalue weighted by atomic mass is 10.1. The highest BCUT2D eigenvalue weighted by Crippen LogP contribution is 2.18. The van der Waals surface area contributed by atoms with Gasteiger partial charge in [-0.1, -0.05) is 13.8 Å². The van der Waals surface area contributed by atoms with E-state index in [-0.39, 0.29) is 24.0 Å². The summed E-state index contributed by atoms with van der Waals surface area (Å²) < 4.78 is 1.90. The molecule has 0 aliphatic rings. The number of aromatic nitrogens is 2. The predicted octanol–water partition coefficient (Wildman–Crippen LogP) is 3.31. The van der Waals surface area contributed by atoms with E-state index in [1.165, 1.54) is 29.9 Å². The number of unbranched alkanes of at least 4 members (excludes halogenated alkanes) is 1. The highest BCUT2D eigenvalue weighted by Gasteiger charge is 2.14. The van der Waals surface area contributed by atoms with E-state index in [0.717, 1.165) is 19.0 Å². The maximum Gasteiger partial charge on any atom is 0.193 e. The van der Waals surface area contributed by atoms with Gasteiger partial charge in [0, 0.05) is 46.0 Å². The van der Waals surface area contributed by atoms with Crippen LogP contribution in [0.5, 0.6) is 0 Å². The van der Waals surface area contributed by atoms with Gasteiger partial charge in [-0.2, -0.15) is 16.9 Å². The molecule has 0 saturated heterocycles. The molecule has 0 spiro atoms. The zero-order chi connectivity index (χ0) is 16.5. The molecule has 0 atom stereocenters. The summed E-state index contributed by atoms with van der Waals surface area (Å²) in [4.78, 5) is 6.55. The van der Waals surface area contributed by atoms with Crippen LogP contribution in [0.4, 0.5) is 0 Å². The molecule has 1 rings (SSSR count). The van der Waals surface area contributed by atoms with Gasteiger partial charge in [0.15, 0.2) is 5.96 Å². The van der Waals surface area contributed by atoms with Crippen LogP contribution in [0.15, 0.2) is 11.2 Å². The molecule has 134 valence electrons. The van der Waals surface area contributed by atoms with Crippen LogP contribution in [0.2, 0.25) is 0 Å². The minimum atomic E-state index is 0. The summed E-state index contributed by atoms with van der Waals surface area (Å²) in [6.07, 6.45) is 6.69. The van der Waals surface area contributed by atoms with Crippen LogP contribution in [0, 0.1) is 0 Å². The zero-order valence-corrected chi connectivity index (χ0v) is 18.4. The quantitative estimate of drug-likeness (QED) is 0.284. The summed E-state index contributed by atoms with van der Waals surface area (Å²) in [7, 11) is 5.90. The lowest BCUT2D eigenvalue weighted by Gasteiger charge is -2.22. The number of hydrogen-bond donors (Lipinski definition) is 1. The maximum absolute atomic E-state index is 4.57. The van der Waals surface area contributed by atoms with Gasteiger partial charge in [0.2, 0.25) is 0 Å². The number of nitrogens with one attached hydrogen (secondary N) is 1. The Balaban J connectivity index is 0.00000484. The van der Waals surface area contributed by atoms with E-state index in [4.69, 9.17) is 0 Å². The molecule has 1 aromatic heterocycles. The summed E-state index contributed by atoms with van der Waals surface area (Å²) in [5.74, 6) is 2.61. The summed E-state index contributed by atoms with van der Waals surface area (Å²) in [5.41, 5.74) is 2.44. The van der Waals surface area contributed by atoms with Crippen LogP contribution in [-0.2, 0) is 13.6 Å². The fourth-order valence-corrected chi connectivity index (χ4v) is 2.94. The van der Waals surface area contributed by atoms with Crippen molar-refractivity contribution < 1.29 is 0 Å². The van der Waals surface area contributed by atoms with Gasteiger partial charge >= 0.3 is 0 Å². The lowest BCUT2D eigenvalue weighted by Crippen LogP contribution is -2.39. The van der Waals surface area contributed by atoms with Gasteiger partial charge in [0.05, 0.1) is 5.69 Å². The van der Waals surface area contributed by atoms with Crippen LogP contribution in [0.25, 0.3) is 0 Å². The average Bonchev–Trinajstić information content (AvgIpc) is 2.83. The molecule has 0 aliphatic carbocycles. The largest absolute Gasteiger partial charge is 0.356 e. The van der Waals surface area contributed by atoms with Crippen molar-refractivity contribution in [1.29, 1.82) is 0 Å². The van der Waals surface area contributed by atoms with Crippen molar-refractivity contribution in [2.45, 2.75) is 39.2 Å². The Morgan fingerprint density at radius 3 is 2.70 bits per heavy atom. The Labute approximate surface area is 162 Å². The molecule has 7 heteroatoms.